The van der Waals surface area contributed by atoms with Crippen molar-refractivity contribution in [3.63, 3.8) is 0 Å². The molecule has 0 saturated heterocycles. The van der Waals surface area contributed by atoms with Crippen LogP contribution in [0.1, 0.15) is 265 Å². The van der Waals surface area contributed by atoms with Gasteiger partial charge in [0.15, 0.2) is 6.10 Å². The van der Waals surface area contributed by atoms with Crippen LogP contribution < -0.4 is 0 Å². The summed E-state index contributed by atoms with van der Waals surface area (Å²) in [4.78, 5) is 38.2. The molecule has 0 aromatic heterocycles. The number of unbranched alkanes of at least 4 members (excludes halogenated alkanes) is 24. The number of carbonyl (C=O) groups excluding carboxylic acids is 3. The second-order valence-electron chi connectivity index (χ2n) is 18.8. The number of hydrogen-bond acceptors (Lipinski definition) is 6. The number of carbonyl (C=O) groups is 3. The lowest BCUT2D eigenvalue weighted by Gasteiger charge is -2.18. The molecule has 0 fully saturated rings. The van der Waals surface area contributed by atoms with Gasteiger partial charge in [0.25, 0.3) is 0 Å². The van der Waals surface area contributed by atoms with E-state index in [2.05, 4.69) is 118 Å². The van der Waals surface area contributed by atoms with Gasteiger partial charge in [-0.3, -0.25) is 14.4 Å². The molecule has 1 atom stereocenters. The molecule has 0 radical (unpaired) electrons. The summed E-state index contributed by atoms with van der Waals surface area (Å²) in [5, 5.41) is 0. The summed E-state index contributed by atoms with van der Waals surface area (Å²) < 4.78 is 16.8. The van der Waals surface area contributed by atoms with Crippen LogP contribution in [0.4, 0.5) is 0 Å². The zero-order chi connectivity index (χ0) is 50.0. The highest BCUT2D eigenvalue weighted by Gasteiger charge is 2.19. The predicted molar refractivity (Wildman–Crippen MR) is 297 cm³/mol. The third-order valence-corrected chi connectivity index (χ3v) is 12.1. The van der Waals surface area contributed by atoms with Gasteiger partial charge >= 0.3 is 17.9 Å². The summed E-state index contributed by atoms with van der Waals surface area (Å²) in [5.41, 5.74) is 0. The normalized spacial score (nSPS) is 12.8. The van der Waals surface area contributed by atoms with Crippen molar-refractivity contribution in [1.29, 1.82) is 0 Å². The van der Waals surface area contributed by atoms with Crippen molar-refractivity contribution in [2.24, 2.45) is 0 Å². The Hall–Kier alpha value is -3.67. The molecule has 0 unspecified atom stereocenters. The summed E-state index contributed by atoms with van der Waals surface area (Å²) in [7, 11) is 0. The Balaban J connectivity index is 4.46. The van der Waals surface area contributed by atoms with Crippen LogP contribution in [-0.4, -0.2) is 37.2 Å². The fourth-order valence-electron chi connectivity index (χ4n) is 7.84. The van der Waals surface area contributed by atoms with Crippen LogP contribution >= 0.6 is 0 Å². The Morgan fingerprint density at radius 1 is 0.304 bits per heavy atom. The van der Waals surface area contributed by atoms with Crippen LogP contribution in [0, 0.1) is 0 Å². The topological polar surface area (TPSA) is 78.9 Å². The van der Waals surface area contributed by atoms with E-state index in [-0.39, 0.29) is 31.1 Å². The largest absolute Gasteiger partial charge is 0.462 e. The molecule has 0 rings (SSSR count). The first-order valence-electron chi connectivity index (χ1n) is 28.7. The van der Waals surface area contributed by atoms with Gasteiger partial charge in [0.2, 0.25) is 0 Å². The lowest BCUT2D eigenvalue weighted by Crippen LogP contribution is -2.30. The summed E-state index contributed by atoms with van der Waals surface area (Å²) in [6.07, 6.45) is 75.4. The van der Waals surface area contributed by atoms with Gasteiger partial charge in [0.1, 0.15) is 13.2 Å². The molecule has 0 aliphatic heterocycles. The minimum atomic E-state index is -0.801. The Bertz CT molecular complexity index is 1380. The van der Waals surface area contributed by atoms with E-state index in [4.69, 9.17) is 14.2 Å². The van der Waals surface area contributed by atoms with E-state index in [0.29, 0.717) is 19.3 Å². The van der Waals surface area contributed by atoms with Crippen molar-refractivity contribution in [3.8, 4) is 0 Å². The Morgan fingerprint density at radius 2 is 0.565 bits per heavy atom. The molecular weight excluding hydrogens is 853 g/mol. The first kappa shape index (κ1) is 65.3. The molecular formula is C63H106O6. The fraction of sp³-hybridized carbons (Fsp3) is 0.698. The molecule has 0 saturated carbocycles. The van der Waals surface area contributed by atoms with Crippen LogP contribution in [0.5, 0.6) is 0 Å². The highest BCUT2D eigenvalue weighted by atomic mass is 16.6. The number of hydrogen-bond donors (Lipinski definition) is 0. The van der Waals surface area contributed by atoms with Crippen LogP contribution in [0.25, 0.3) is 0 Å². The maximum absolute atomic E-state index is 12.9. The zero-order valence-electron chi connectivity index (χ0n) is 45.0. The minimum absolute atomic E-state index is 0.0943. The first-order chi connectivity index (χ1) is 34.0. The number of rotatable bonds is 51. The Labute approximate surface area is 426 Å². The van der Waals surface area contributed by atoms with E-state index >= 15 is 0 Å². The molecule has 0 heterocycles. The highest BCUT2D eigenvalue weighted by molar-refractivity contribution is 5.71. The summed E-state index contributed by atoms with van der Waals surface area (Å²) >= 11 is 0. The molecule has 6 heteroatoms. The van der Waals surface area contributed by atoms with Crippen LogP contribution in [0.3, 0.4) is 0 Å². The van der Waals surface area contributed by atoms with Gasteiger partial charge < -0.3 is 14.2 Å². The van der Waals surface area contributed by atoms with Crippen molar-refractivity contribution in [3.05, 3.63) is 97.2 Å². The molecule has 69 heavy (non-hydrogen) atoms. The first-order valence-corrected chi connectivity index (χ1v) is 28.7. The van der Waals surface area contributed by atoms with Gasteiger partial charge in [-0.25, -0.2) is 0 Å². The highest BCUT2D eigenvalue weighted by Crippen LogP contribution is 2.16. The summed E-state index contributed by atoms with van der Waals surface area (Å²) in [5.74, 6) is -0.938. The number of allylic oxidation sites excluding steroid dienone is 16. The van der Waals surface area contributed by atoms with Crippen molar-refractivity contribution >= 4 is 17.9 Å². The fourth-order valence-corrected chi connectivity index (χ4v) is 7.84. The minimum Gasteiger partial charge on any atom is -0.462 e. The average molecular weight is 960 g/mol. The van der Waals surface area contributed by atoms with Gasteiger partial charge in [-0.05, 0) is 96.3 Å². The number of ether oxygens (including phenoxy) is 3. The van der Waals surface area contributed by atoms with Crippen molar-refractivity contribution in [1.82, 2.24) is 0 Å². The third-order valence-electron chi connectivity index (χ3n) is 12.1. The van der Waals surface area contributed by atoms with E-state index in [1.165, 1.54) is 89.9 Å². The molecule has 0 aliphatic carbocycles. The van der Waals surface area contributed by atoms with E-state index in [1.54, 1.807) is 0 Å². The monoisotopic (exact) mass is 959 g/mol. The van der Waals surface area contributed by atoms with Crippen LogP contribution in [0.2, 0.25) is 0 Å². The Morgan fingerprint density at radius 3 is 0.884 bits per heavy atom. The van der Waals surface area contributed by atoms with E-state index in [1.807, 2.05) is 0 Å². The van der Waals surface area contributed by atoms with Crippen molar-refractivity contribution in [2.45, 2.75) is 271 Å². The second-order valence-corrected chi connectivity index (χ2v) is 18.8. The second kappa shape index (κ2) is 56.9. The number of esters is 3. The third kappa shape index (κ3) is 55.1. The molecule has 394 valence electrons. The lowest BCUT2D eigenvalue weighted by atomic mass is 10.0. The lowest BCUT2D eigenvalue weighted by molar-refractivity contribution is -0.167. The molecule has 0 aromatic carbocycles. The molecule has 6 nitrogen and oxygen atoms in total. The molecule has 0 aromatic rings. The van der Waals surface area contributed by atoms with E-state index < -0.39 is 6.10 Å². The molecule has 0 spiro atoms. The van der Waals surface area contributed by atoms with Gasteiger partial charge in [-0.1, -0.05) is 246 Å². The summed E-state index contributed by atoms with van der Waals surface area (Å²) in [6.45, 7) is 6.39. The van der Waals surface area contributed by atoms with Gasteiger partial charge in [-0.2, -0.15) is 0 Å². The molecule has 0 N–H and O–H groups in total. The molecule has 0 aliphatic rings. The molecule has 0 amide bonds. The van der Waals surface area contributed by atoms with Crippen LogP contribution in [0.15, 0.2) is 97.2 Å². The van der Waals surface area contributed by atoms with Crippen LogP contribution in [-0.2, 0) is 28.6 Å². The maximum atomic E-state index is 12.9. The average Bonchev–Trinajstić information content (AvgIpc) is 3.35. The van der Waals surface area contributed by atoms with E-state index in [0.717, 1.165) is 135 Å². The predicted octanol–water partition coefficient (Wildman–Crippen LogP) is 19.3. The smallest absolute Gasteiger partial charge is 0.306 e. The van der Waals surface area contributed by atoms with E-state index in [9.17, 15) is 14.4 Å². The van der Waals surface area contributed by atoms with Gasteiger partial charge in [0.05, 0.1) is 0 Å². The van der Waals surface area contributed by atoms with Crippen molar-refractivity contribution in [2.75, 3.05) is 13.2 Å². The van der Waals surface area contributed by atoms with Gasteiger partial charge in [0, 0.05) is 19.3 Å². The molecule has 0 bridgehead atoms. The maximum Gasteiger partial charge on any atom is 0.306 e. The van der Waals surface area contributed by atoms with Gasteiger partial charge in [-0.15, -0.1) is 0 Å². The standard InChI is InChI=1S/C63H106O6/c1-4-7-10-13-16-19-22-25-28-31-34-37-40-43-46-49-52-55-61(64)67-58-60(69-63(66)57-54-51-48-45-42-39-36-33-30-27-24-21-18-15-12-9-6-3)59-68-62(65)56-53-50-47-44-41-38-35-32-29-26-23-20-17-14-11-8-5-2/h7,9-10,12,16,18-19,21,25,27-28,30,34,36-37,39,60H,4-6,8,11,13-15,17,20,22-24,26,29,31-33,35,38,40-59H2,1-3H3/b10-7-,12-9-,19-16-,21-18-,28-25-,30-27-,37-34-,39-36-/t60-/m1/s1. The van der Waals surface area contributed by atoms with Crippen molar-refractivity contribution < 1.29 is 28.6 Å². The summed E-state index contributed by atoms with van der Waals surface area (Å²) in [6, 6.07) is 0. The Kier molecular flexibility index (Phi) is 53.9. The zero-order valence-corrected chi connectivity index (χ0v) is 45.0. The SMILES string of the molecule is CC/C=C\C/C=C\C/C=C\C/C=C\CCCCCCC(=O)OC[C@H](COC(=O)CCCCCCCCCCCCCCCCCCC)OC(=O)CCCCCC/C=C\C/C=C\C/C=C\C/C=C\CC. The quantitative estimate of drug-likeness (QED) is 0.0262.